The predicted octanol–water partition coefficient (Wildman–Crippen LogP) is -3.39. The molecule has 26 heteroatoms. The second kappa shape index (κ2) is 12.0. The first-order valence-electron chi connectivity index (χ1n) is 13.0. The van der Waals surface area contributed by atoms with Crippen molar-refractivity contribution in [2.75, 3.05) is 24.7 Å². The highest BCUT2D eigenvalue weighted by Crippen LogP contribution is 2.50. The number of aromatic amines is 1. The molecule has 0 amide bonds. The molecule has 0 aromatic carbocycles. The van der Waals surface area contributed by atoms with Gasteiger partial charge in [-0.15, -0.1) is 0 Å². The summed E-state index contributed by atoms with van der Waals surface area (Å²) in [5.41, 5.74) is 10.6. The summed E-state index contributed by atoms with van der Waals surface area (Å²) in [5.74, 6) is -0.276. The summed E-state index contributed by atoms with van der Waals surface area (Å²) in [4.78, 5) is 63.6. The Bertz CT molecular complexity index is 1910. The van der Waals surface area contributed by atoms with E-state index in [-0.39, 0.29) is 34.1 Å². The number of nitrogens with two attached hydrogens (primary N) is 2. The minimum atomic E-state index is -5.29. The number of imidazole rings is 2. The van der Waals surface area contributed by atoms with Crippen molar-refractivity contribution in [3.8, 4) is 0 Å². The molecule has 4 aromatic rings. The molecule has 4 aromatic heterocycles. The molecular formula is C20H26N10O14P2. The van der Waals surface area contributed by atoms with Gasteiger partial charge in [0.05, 0.1) is 25.9 Å². The highest BCUT2D eigenvalue weighted by atomic mass is 31.2. The van der Waals surface area contributed by atoms with Crippen molar-refractivity contribution >= 4 is 49.7 Å². The summed E-state index contributed by atoms with van der Waals surface area (Å²) in [6, 6.07) is 0. The molecule has 0 bridgehead atoms. The van der Waals surface area contributed by atoms with Crippen LogP contribution in [0.15, 0.2) is 23.8 Å². The summed E-state index contributed by atoms with van der Waals surface area (Å²) in [6.07, 6.45) is -9.62. The molecule has 6 rings (SSSR count). The molecule has 6 heterocycles. The minimum absolute atomic E-state index is 0.0359. The molecular weight excluding hydrogens is 666 g/mol. The van der Waals surface area contributed by atoms with Crippen LogP contribution in [0.25, 0.3) is 22.3 Å². The van der Waals surface area contributed by atoms with Crippen molar-refractivity contribution in [1.82, 2.24) is 39.0 Å². The molecule has 9 atom stereocenters. The number of H-pyrrole nitrogens is 1. The third kappa shape index (κ3) is 6.02. The van der Waals surface area contributed by atoms with E-state index in [9.17, 15) is 43.9 Å². The lowest BCUT2D eigenvalue weighted by Crippen LogP contribution is -2.37. The van der Waals surface area contributed by atoms with Crippen LogP contribution in [-0.4, -0.2) is 119 Å². The molecule has 0 saturated carbocycles. The fourth-order valence-electron chi connectivity index (χ4n) is 5.14. The molecule has 250 valence electrons. The first kappa shape index (κ1) is 32.5. The van der Waals surface area contributed by atoms with Gasteiger partial charge in [-0.1, -0.05) is 0 Å². The largest absolute Gasteiger partial charge is 0.472 e. The van der Waals surface area contributed by atoms with E-state index in [1.807, 2.05) is 0 Å². The van der Waals surface area contributed by atoms with Gasteiger partial charge >= 0.3 is 15.6 Å². The molecule has 2 aliphatic rings. The van der Waals surface area contributed by atoms with Crippen molar-refractivity contribution < 1.29 is 62.2 Å². The molecule has 1 unspecified atom stereocenters. The molecule has 0 radical (unpaired) electrons. The standard InChI is InChI=1S/C20H26N10O14P2/c21-14-8-15(24-3-23-14)29(4-25-8)18-10(32)12(6(1-31)41-18)44-46(38,39)40-2-7-13(43-45(35,36)37)11(33)19(42-7)30-5-26-9-16(30)27-20(22)28-17(9)34/h3-7,10-13,18-19,31-33H,1-2H2,(H,38,39)(H2,21,23,24)(H2,35,36,37)(H3,22,27,28,34)/t6-,7-,10-,11-,12-,13-,18-,19-/m1/s1. The van der Waals surface area contributed by atoms with Gasteiger partial charge in [0.25, 0.3) is 5.56 Å². The van der Waals surface area contributed by atoms with E-state index in [2.05, 4.69) is 29.9 Å². The Morgan fingerprint density at radius 2 is 1.50 bits per heavy atom. The Labute approximate surface area is 254 Å². The number of ether oxygens (including phenoxy) is 2. The smallest absolute Gasteiger partial charge is 0.394 e. The number of phosphoric ester groups is 2. The Morgan fingerprint density at radius 1 is 0.891 bits per heavy atom. The predicted molar refractivity (Wildman–Crippen MR) is 147 cm³/mol. The summed E-state index contributed by atoms with van der Waals surface area (Å²) in [7, 11) is -10.5. The minimum Gasteiger partial charge on any atom is -0.394 e. The van der Waals surface area contributed by atoms with Crippen LogP contribution in [0.5, 0.6) is 0 Å². The average molecular weight is 692 g/mol. The lowest BCUT2D eigenvalue weighted by molar-refractivity contribution is -0.0583. The van der Waals surface area contributed by atoms with Crippen LogP contribution < -0.4 is 17.0 Å². The Kier molecular flexibility index (Phi) is 8.43. The van der Waals surface area contributed by atoms with E-state index in [1.165, 1.54) is 10.9 Å². The van der Waals surface area contributed by atoms with E-state index in [0.29, 0.717) is 0 Å². The Hall–Kier alpha value is -3.48. The molecule has 0 spiro atoms. The van der Waals surface area contributed by atoms with Gasteiger partial charge < -0.3 is 50.9 Å². The first-order chi connectivity index (χ1) is 21.7. The molecule has 2 saturated heterocycles. The number of nitrogens with one attached hydrogen (secondary N) is 1. The van der Waals surface area contributed by atoms with Gasteiger partial charge in [0.15, 0.2) is 35.1 Å². The Morgan fingerprint density at radius 3 is 2.15 bits per heavy atom. The van der Waals surface area contributed by atoms with Crippen LogP contribution in [0, 0.1) is 0 Å². The van der Waals surface area contributed by atoms with Crippen LogP contribution in [0.1, 0.15) is 12.5 Å². The third-order valence-corrected chi connectivity index (χ3v) is 8.60. The second-order valence-corrected chi connectivity index (χ2v) is 12.6. The summed E-state index contributed by atoms with van der Waals surface area (Å²) >= 11 is 0. The van der Waals surface area contributed by atoms with E-state index in [1.54, 1.807) is 0 Å². The van der Waals surface area contributed by atoms with Gasteiger partial charge in [-0.2, -0.15) is 4.98 Å². The van der Waals surface area contributed by atoms with Gasteiger partial charge in [-0.3, -0.25) is 32.5 Å². The molecule has 46 heavy (non-hydrogen) atoms. The van der Waals surface area contributed by atoms with E-state index in [0.717, 1.165) is 17.2 Å². The molecule has 24 nitrogen and oxygen atoms in total. The number of nitrogen functional groups attached to an aromatic ring is 2. The van der Waals surface area contributed by atoms with Crippen LogP contribution >= 0.6 is 15.6 Å². The molecule has 0 aliphatic carbocycles. The van der Waals surface area contributed by atoms with Crippen molar-refractivity contribution in [2.24, 2.45) is 0 Å². The fraction of sp³-hybridized carbons (Fsp3) is 0.500. The zero-order valence-electron chi connectivity index (χ0n) is 22.9. The van der Waals surface area contributed by atoms with E-state index in [4.69, 9.17) is 34.5 Å². The maximum absolute atomic E-state index is 13.0. The maximum atomic E-state index is 13.0. The normalized spacial score (nSPS) is 30.0. The van der Waals surface area contributed by atoms with Gasteiger partial charge in [-0.25, -0.2) is 29.1 Å². The summed E-state index contributed by atoms with van der Waals surface area (Å²) < 4.78 is 53.2. The van der Waals surface area contributed by atoms with Gasteiger partial charge in [0.2, 0.25) is 5.95 Å². The third-order valence-electron chi connectivity index (χ3n) is 7.10. The van der Waals surface area contributed by atoms with Crippen LogP contribution in [-0.2, 0) is 32.2 Å². The lowest BCUT2D eigenvalue weighted by Gasteiger charge is -2.24. The lowest BCUT2D eigenvalue weighted by atomic mass is 10.1. The molecule has 2 fully saturated rings. The number of aliphatic hydroxyl groups excluding tert-OH is 3. The highest BCUT2D eigenvalue weighted by molar-refractivity contribution is 7.47. The average Bonchev–Trinajstić information content (AvgIpc) is 3.73. The number of aromatic nitrogens is 8. The van der Waals surface area contributed by atoms with Crippen molar-refractivity contribution in [2.45, 2.75) is 49.1 Å². The number of hydrogen-bond donors (Lipinski definition) is 9. The summed E-state index contributed by atoms with van der Waals surface area (Å²) in [6.45, 7) is -1.76. The number of hydrogen-bond acceptors (Lipinski definition) is 18. The van der Waals surface area contributed by atoms with Crippen LogP contribution in [0.4, 0.5) is 11.8 Å². The fourth-order valence-corrected chi connectivity index (χ4v) is 6.68. The van der Waals surface area contributed by atoms with Gasteiger partial charge in [-0.05, 0) is 0 Å². The first-order valence-corrected chi connectivity index (χ1v) is 16.0. The number of rotatable bonds is 10. The monoisotopic (exact) mass is 692 g/mol. The highest BCUT2D eigenvalue weighted by Gasteiger charge is 2.52. The van der Waals surface area contributed by atoms with Crippen molar-refractivity contribution in [1.29, 1.82) is 0 Å². The second-order valence-electron chi connectivity index (χ2n) is 10.0. The van der Waals surface area contributed by atoms with Crippen LogP contribution in [0.3, 0.4) is 0 Å². The molecule has 11 N–H and O–H groups in total. The van der Waals surface area contributed by atoms with Crippen molar-refractivity contribution in [3.63, 3.8) is 0 Å². The topological polar surface area (TPSA) is 361 Å². The van der Waals surface area contributed by atoms with Crippen LogP contribution in [0.2, 0.25) is 0 Å². The van der Waals surface area contributed by atoms with Crippen molar-refractivity contribution in [3.05, 3.63) is 29.3 Å². The number of phosphoric acid groups is 2. The van der Waals surface area contributed by atoms with Gasteiger partial charge in [0, 0.05) is 0 Å². The number of aliphatic hydroxyl groups is 3. The van der Waals surface area contributed by atoms with E-state index < -0.39 is 83.5 Å². The zero-order chi connectivity index (χ0) is 33.1. The summed E-state index contributed by atoms with van der Waals surface area (Å²) in [5, 5.41) is 31.7. The SMILES string of the molecule is Nc1nc2c(ncn2[C@@H]2O[C@H](COP(=O)(O)O[C@H]3[C@@H](O)[C@H](n4cnc5c(N)ncnc54)O[C@@H]3CO)[C@@H](OP(=O)(O)O)[C@H]2O)c(=O)[nH]1. The van der Waals surface area contributed by atoms with Gasteiger partial charge in [0.1, 0.15) is 48.5 Å². The quantitative estimate of drug-likeness (QED) is 0.0731. The number of anilines is 2. The number of nitrogens with zero attached hydrogens (tertiary/aromatic N) is 7. The van der Waals surface area contributed by atoms with E-state index >= 15 is 0 Å². The maximum Gasteiger partial charge on any atom is 0.472 e. The molecule has 2 aliphatic heterocycles. The number of fused-ring (bicyclic) bond motifs is 2. The zero-order valence-corrected chi connectivity index (χ0v) is 24.7. The Balaban J connectivity index is 1.20.